The molecule has 0 aliphatic heterocycles. The molecule has 0 fully saturated rings. The molecule has 7 nitrogen and oxygen atoms in total. The average molecular weight is 339 g/mol. The van der Waals surface area contributed by atoms with E-state index in [2.05, 4.69) is 14.7 Å². The van der Waals surface area contributed by atoms with Gasteiger partial charge in [0.05, 0.1) is 33.0 Å². The van der Waals surface area contributed by atoms with Crippen LogP contribution < -0.4 is 14.2 Å². The van der Waals surface area contributed by atoms with Gasteiger partial charge >= 0.3 is 12.0 Å². The first kappa shape index (κ1) is 16.8. The standard InChI is InChI=1S/C15H15ClN2O5/c1-20-11-8-12(21-2)18-15(17-11)23-13(16)9-5-4-6-10(7-9)14(19)22-3/h4-8,13H,1-3H3. The summed E-state index contributed by atoms with van der Waals surface area (Å²) in [4.78, 5) is 19.6. The van der Waals surface area contributed by atoms with Crippen LogP contribution in [0.1, 0.15) is 21.5 Å². The van der Waals surface area contributed by atoms with Crippen molar-refractivity contribution in [1.29, 1.82) is 0 Å². The Morgan fingerprint density at radius 2 is 1.74 bits per heavy atom. The highest BCUT2D eigenvalue weighted by molar-refractivity contribution is 6.20. The minimum atomic E-state index is -0.906. The monoisotopic (exact) mass is 338 g/mol. The summed E-state index contributed by atoms with van der Waals surface area (Å²) in [5, 5.41) is 0. The molecular formula is C15H15ClN2O5. The Kier molecular flexibility index (Phi) is 5.59. The minimum absolute atomic E-state index is 0.00956. The van der Waals surface area contributed by atoms with Gasteiger partial charge in [-0.15, -0.1) is 0 Å². The van der Waals surface area contributed by atoms with E-state index in [4.69, 9.17) is 25.8 Å². The van der Waals surface area contributed by atoms with Crippen molar-refractivity contribution >= 4 is 17.6 Å². The first-order chi connectivity index (χ1) is 11.1. The Balaban J connectivity index is 2.22. The Bertz CT molecular complexity index is 673. The molecule has 23 heavy (non-hydrogen) atoms. The summed E-state index contributed by atoms with van der Waals surface area (Å²) in [6.07, 6.45) is 0. The van der Waals surface area contributed by atoms with E-state index in [0.29, 0.717) is 11.1 Å². The fourth-order valence-corrected chi connectivity index (χ4v) is 1.95. The number of benzene rings is 1. The van der Waals surface area contributed by atoms with Crippen molar-refractivity contribution in [3.63, 3.8) is 0 Å². The molecule has 0 amide bonds. The lowest BCUT2D eigenvalue weighted by Gasteiger charge is -2.13. The largest absolute Gasteiger partial charge is 0.481 e. The molecule has 0 aliphatic carbocycles. The fourth-order valence-electron chi connectivity index (χ4n) is 1.73. The zero-order valence-corrected chi connectivity index (χ0v) is 13.5. The van der Waals surface area contributed by atoms with Crippen molar-refractivity contribution < 1.29 is 23.7 Å². The minimum Gasteiger partial charge on any atom is -0.481 e. The topological polar surface area (TPSA) is 79.8 Å². The van der Waals surface area contributed by atoms with Crippen LogP contribution in [0, 0.1) is 0 Å². The lowest BCUT2D eigenvalue weighted by molar-refractivity contribution is 0.0600. The maximum atomic E-state index is 11.5. The van der Waals surface area contributed by atoms with Crippen molar-refractivity contribution in [3.8, 4) is 17.8 Å². The number of carbonyl (C=O) groups is 1. The molecule has 2 rings (SSSR count). The second-order valence-corrected chi connectivity index (χ2v) is 4.68. The number of alkyl halides is 1. The number of methoxy groups -OCH3 is 3. The molecule has 1 unspecified atom stereocenters. The predicted molar refractivity (Wildman–Crippen MR) is 82.1 cm³/mol. The van der Waals surface area contributed by atoms with Crippen molar-refractivity contribution in [1.82, 2.24) is 9.97 Å². The molecule has 0 radical (unpaired) electrons. The summed E-state index contributed by atoms with van der Waals surface area (Å²) in [6, 6.07) is 8.07. The molecular weight excluding hydrogens is 324 g/mol. The van der Waals surface area contributed by atoms with Gasteiger partial charge in [-0.1, -0.05) is 23.7 Å². The van der Waals surface area contributed by atoms with Gasteiger partial charge in [-0.25, -0.2) is 4.79 Å². The zero-order chi connectivity index (χ0) is 16.8. The molecule has 1 aromatic carbocycles. The molecule has 122 valence electrons. The van der Waals surface area contributed by atoms with Crippen molar-refractivity contribution in [2.75, 3.05) is 21.3 Å². The smallest absolute Gasteiger partial charge is 0.337 e. The van der Waals surface area contributed by atoms with Gasteiger partial charge < -0.3 is 18.9 Å². The van der Waals surface area contributed by atoms with Crippen molar-refractivity contribution in [2.45, 2.75) is 5.56 Å². The highest BCUT2D eigenvalue weighted by Gasteiger charge is 2.16. The molecule has 0 N–H and O–H groups in total. The van der Waals surface area contributed by atoms with Crippen LogP contribution in [0.3, 0.4) is 0 Å². The number of nitrogens with zero attached hydrogens (tertiary/aromatic N) is 2. The predicted octanol–water partition coefficient (Wildman–Crippen LogP) is 2.60. The Hall–Kier alpha value is -2.54. The highest BCUT2D eigenvalue weighted by Crippen LogP contribution is 2.27. The number of carbonyl (C=O) groups excluding carboxylic acids is 1. The number of rotatable bonds is 6. The first-order valence-electron chi connectivity index (χ1n) is 6.53. The molecule has 0 saturated carbocycles. The Labute approximate surface area is 138 Å². The second-order valence-electron chi connectivity index (χ2n) is 4.29. The number of ether oxygens (including phenoxy) is 4. The quantitative estimate of drug-likeness (QED) is 0.591. The molecule has 8 heteroatoms. The van der Waals surface area contributed by atoms with Crippen molar-refractivity contribution in [2.24, 2.45) is 0 Å². The maximum absolute atomic E-state index is 11.5. The van der Waals surface area contributed by atoms with Gasteiger partial charge in [-0.05, 0) is 12.1 Å². The average Bonchev–Trinajstić information content (AvgIpc) is 2.60. The van der Waals surface area contributed by atoms with Gasteiger partial charge in [-0.3, -0.25) is 0 Å². The van der Waals surface area contributed by atoms with Crippen LogP contribution in [-0.2, 0) is 4.74 Å². The number of hydrogen-bond acceptors (Lipinski definition) is 7. The lowest BCUT2D eigenvalue weighted by atomic mass is 10.1. The normalized spacial score (nSPS) is 11.5. The van der Waals surface area contributed by atoms with Crippen LogP contribution in [0.25, 0.3) is 0 Å². The highest BCUT2D eigenvalue weighted by atomic mass is 35.5. The third-order valence-electron chi connectivity index (χ3n) is 2.86. The summed E-state index contributed by atoms with van der Waals surface area (Å²) < 4.78 is 20.2. The molecule has 1 atom stereocenters. The molecule has 0 bridgehead atoms. The third kappa shape index (κ3) is 4.23. The van der Waals surface area contributed by atoms with Gasteiger partial charge in [-0.2, -0.15) is 9.97 Å². The van der Waals surface area contributed by atoms with Crippen LogP contribution in [0.15, 0.2) is 30.3 Å². The van der Waals surface area contributed by atoms with Gasteiger partial charge in [0.2, 0.25) is 17.3 Å². The van der Waals surface area contributed by atoms with Crippen LogP contribution >= 0.6 is 11.6 Å². The van der Waals surface area contributed by atoms with Crippen LogP contribution in [0.2, 0.25) is 0 Å². The van der Waals surface area contributed by atoms with Crippen LogP contribution in [-0.4, -0.2) is 37.3 Å². The summed E-state index contributed by atoms with van der Waals surface area (Å²) in [7, 11) is 4.23. The Morgan fingerprint density at radius 3 is 2.30 bits per heavy atom. The van der Waals surface area contributed by atoms with Crippen molar-refractivity contribution in [3.05, 3.63) is 41.5 Å². The molecule has 0 saturated heterocycles. The second kappa shape index (κ2) is 7.64. The Morgan fingerprint density at radius 1 is 1.09 bits per heavy atom. The van der Waals surface area contributed by atoms with E-state index in [1.807, 2.05) is 0 Å². The van der Waals surface area contributed by atoms with Crippen LogP contribution in [0.5, 0.6) is 17.8 Å². The number of esters is 1. The fraction of sp³-hybridized carbons (Fsp3) is 0.267. The zero-order valence-electron chi connectivity index (χ0n) is 12.8. The van der Waals surface area contributed by atoms with E-state index in [9.17, 15) is 4.79 Å². The number of hydrogen-bond donors (Lipinski definition) is 0. The summed E-state index contributed by atoms with van der Waals surface area (Å²) in [6.45, 7) is 0. The van der Waals surface area contributed by atoms with Gasteiger partial charge in [0, 0.05) is 5.56 Å². The van der Waals surface area contributed by atoms with E-state index in [-0.39, 0.29) is 17.8 Å². The SMILES string of the molecule is COC(=O)c1cccc(C(Cl)Oc2nc(OC)cc(OC)n2)c1. The molecule has 0 aliphatic rings. The first-order valence-corrected chi connectivity index (χ1v) is 6.97. The van der Waals surface area contributed by atoms with E-state index < -0.39 is 11.5 Å². The summed E-state index contributed by atoms with van der Waals surface area (Å²) in [5.41, 5.74) is 0.0137. The third-order valence-corrected chi connectivity index (χ3v) is 3.20. The number of halogens is 1. The van der Waals surface area contributed by atoms with Gasteiger partial charge in [0.1, 0.15) is 0 Å². The molecule has 0 spiro atoms. The maximum Gasteiger partial charge on any atom is 0.337 e. The van der Waals surface area contributed by atoms with E-state index >= 15 is 0 Å². The van der Waals surface area contributed by atoms with Gasteiger partial charge in [0.25, 0.3) is 0 Å². The van der Waals surface area contributed by atoms with E-state index in [1.54, 1.807) is 24.3 Å². The van der Waals surface area contributed by atoms with E-state index in [0.717, 1.165) is 0 Å². The molecule has 1 heterocycles. The summed E-state index contributed by atoms with van der Waals surface area (Å²) >= 11 is 6.22. The molecule has 1 aromatic heterocycles. The molecule has 2 aromatic rings. The van der Waals surface area contributed by atoms with Gasteiger partial charge in [0.15, 0.2) is 0 Å². The van der Waals surface area contributed by atoms with E-state index in [1.165, 1.54) is 27.4 Å². The number of aromatic nitrogens is 2. The van der Waals surface area contributed by atoms with Crippen LogP contribution in [0.4, 0.5) is 0 Å². The summed E-state index contributed by atoms with van der Waals surface area (Å²) in [5.74, 6) is 0.0908. The lowest BCUT2D eigenvalue weighted by Crippen LogP contribution is -2.07.